The molecule has 10 heavy (non-hydrogen) atoms. The Morgan fingerprint density at radius 1 is 1.40 bits per heavy atom. The van der Waals surface area contributed by atoms with Crippen molar-refractivity contribution >= 4 is 6.08 Å². The van der Waals surface area contributed by atoms with E-state index in [0.29, 0.717) is 0 Å². The first-order valence-electron chi connectivity index (χ1n) is 2.68. The van der Waals surface area contributed by atoms with Crippen LogP contribution < -0.4 is 11.1 Å². The largest absolute Gasteiger partial charge is 0.269 e. The Morgan fingerprint density at radius 2 is 2.10 bits per heavy atom. The Labute approximate surface area is 56.2 Å². The van der Waals surface area contributed by atoms with Crippen molar-refractivity contribution in [1.29, 1.82) is 0 Å². The number of H-pyrrole nitrogens is 2. The van der Waals surface area contributed by atoms with Crippen LogP contribution in [0.15, 0.2) is 22.2 Å². The average molecular weight is 138 g/mol. The Kier molecular flexibility index (Phi) is 1.53. The van der Waals surface area contributed by atoms with Gasteiger partial charge < -0.3 is 0 Å². The van der Waals surface area contributed by atoms with Crippen molar-refractivity contribution < 1.29 is 0 Å². The van der Waals surface area contributed by atoms with Gasteiger partial charge in [0.15, 0.2) is 0 Å². The molecule has 0 saturated carbocycles. The van der Waals surface area contributed by atoms with E-state index in [0.717, 1.165) is 0 Å². The molecule has 0 saturated heterocycles. The molecule has 52 valence electrons. The highest BCUT2D eigenvalue weighted by Gasteiger charge is 1.92. The topological polar surface area (TPSA) is 65.7 Å². The van der Waals surface area contributed by atoms with Crippen LogP contribution in [0.3, 0.4) is 0 Å². The standard InChI is InChI=1S/C6H6N2O2/c1-2-4-3-5(9)7-8-6(4)10/h2-3H,1H2,(H,7,9)(H,8,10). The minimum Gasteiger partial charge on any atom is -0.268 e. The van der Waals surface area contributed by atoms with E-state index < -0.39 is 0 Å². The zero-order chi connectivity index (χ0) is 7.56. The highest BCUT2D eigenvalue weighted by Crippen LogP contribution is 1.82. The van der Waals surface area contributed by atoms with Crippen molar-refractivity contribution in [3.05, 3.63) is 38.9 Å². The number of aromatic nitrogens is 2. The van der Waals surface area contributed by atoms with Crippen molar-refractivity contribution in [2.24, 2.45) is 0 Å². The smallest absolute Gasteiger partial charge is 0.268 e. The van der Waals surface area contributed by atoms with Crippen LogP contribution in [0.1, 0.15) is 5.56 Å². The van der Waals surface area contributed by atoms with Crippen molar-refractivity contribution in [3.63, 3.8) is 0 Å². The first kappa shape index (κ1) is 6.54. The molecule has 0 aliphatic rings. The second kappa shape index (κ2) is 2.34. The van der Waals surface area contributed by atoms with E-state index >= 15 is 0 Å². The van der Waals surface area contributed by atoms with E-state index in [9.17, 15) is 9.59 Å². The lowest BCUT2D eigenvalue weighted by Gasteiger charge is -1.86. The molecule has 0 aliphatic heterocycles. The van der Waals surface area contributed by atoms with Gasteiger partial charge in [0.25, 0.3) is 11.1 Å². The van der Waals surface area contributed by atoms with Gasteiger partial charge in [-0.2, -0.15) is 0 Å². The summed E-state index contributed by atoms with van der Waals surface area (Å²) >= 11 is 0. The van der Waals surface area contributed by atoms with Crippen LogP contribution in [0.4, 0.5) is 0 Å². The minimum atomic E-state index is -0.338. The van der Waals surface area contributed by atoms with Gasteiger partial charge in [-0.25, -0.2) is 0 Å². The first-order valence-corrected chi connectivity index (χ1v) is 2.68. The Hall–Kier alpha value is -1.58. The van der Waals surface area contributed by atoms with E-state index in [-0.39, 0.29) is 16.7 Å². The Bertz CT molecular complexity index is 347. The summed E-state index contributed by atoms with van der Waals surface area (Å²) in [5.41, 5.74) is -0.396. The Balaban J connectivity index is 3.50. The van der Waals surface area contributed by atoms with Gasteiger partial charge in [0.05, 0.1) is 0 Å². The Morgan fingerprint density at radius 3 is 2.60 bits per heavy atom. The lowest BCUT2D eigenvalue weighted by Crippen LogP contribution is -2.19. The number of hydrogen-bond donors (Lipinski definition) is 2. The summed E-state index contributed by atoms with van der Waals surface area (Å²) in [6, 6.07) is 1.19. The molecular weight excluding hydrogens is 132 g/mol. The fourth-order valence-electron chi connectivity index (χ4n) is 0.585. The molecule has 4 nitrogen and oxygen atoms in total. The van der Waals surface area contributed by atoms with Crippen LogP contribution in [0, 0.1) is 0 Å². The molecule has 1 heterocycles. The van der Waals surface area contributed by atoms with Gasteiger partial charge in [0.2, 0.25) is 0 Å². The second-order valence-corrected chi connectivity index (χ2v) is 1.75. The second-order valence-electron chi connectivity index (χ2n) is 1.75. The van der Waals surface area contributed by atoms with Crippen LogP contribution >= 0.6 is 0 Å². The molecule has 1 aromatic heterocycles. The third-order valence-electron chi connectivity index (χ3n) is 1.07. The maximum Gasteiger partial charge on any atom is 0.269 e. The zero-order valence-corrected chi connectivity index (χ0v) is 5.18. The molecule has 1 aromatic rings. The molecule has 1 rings (SSSR count). The lowest BCUT2D eigenvalue weighted by atomic mass is 10.3. The number of nitrogens with one attached hydrogen (secondary N) is 2. The van der Waals surface area contributed by atoms with E-state index in [1.165, 1.54) is 12.1 Å². The van der Waals surface area contributed by atoms with Gasteiger partial charge in [-0.05, 0) is 0 Å². The normalized spacial score (nSPS) is 9.20. The van der Waals surface area contributed by atoms with E-state index in [1.54, 1.807) is 0 Å². The van der Waals surface area contributed by atoms with Gasteiger partial charge in [-0.3, -0.25) is 19.8 Å². The van der Waals surface area contributed by atoms with Crippen molar-refractivity contribution in [3.8, 4) is 0 Å². The number of rotatable bonds is 1. The fraction of sp³-hybridized carbons (Fsp3) is 0. The molecule has 0 fully saturated rings. The summed E-state index contributed by atoms with van der Waals surface area (Å²) in [7, 11) is 0. The molecule has 0 radical (unpaired) electrons. The summed E-state index contributed by atoms with van der Waals surface area (Å²) in [4.78, 5) is 21.2. The minimum absolute atomic E-state index is 0.281. The van der Waals surface area contributed by atoms with Gasteiger partial charge in [0, 0.05) is 11.6 Å². The maximum atomic E-state index is 10.7. The summed E-state index contributed by atoms with van der Waals surface area (Å²) < 4.78 is 0. The SMILES string of the molecule is C=Cc1cc(=O)[nH][nH]c1=O. The van der Waals surface area contributed by atoms with E-state index in [1.807, 2.05) is 0 Å². The summed E-state index contributed by atoms with van der Waals surface area (Å²) in [6.45, 7) is 3.36. The molecule has 0 unspecified atom stereocenters. The molecule has 0 aliphatic carbocycles. The molecule has 0 atom stereocenters. The van der Waals surface area contributed by atoms with Gasteiger partial charge in [0.1, 0.15) is 0 Å². The molecule has 4 heteroatoms. The van der Waals surface area contributed by atoms with Crippen molar-refractivity contribution in [2.75, 3.05) is 0 Å². The number of hydrogen-bond acceptors (Lipinski definition) is 2. The molecule has 0 bridgehead atoms. The summed E-state index contributed by atoms with van der Waals surface area (Å²) in [5, 5.41) is 4.29. The van der Waals surface area contributed by atoms with Crippen molar-refractivity contribution in [1.82, 2.24) is 10.2 Å². The first-order chi connectivity index (χ1) is 4.74. The van der Waals surface area contributed by atoms with Crippen molar-refractivity contribution in [2.45, 2.75) is 0 Å². The molecule has 0 amide bonds. The highest BCUT2D eigenvalue weighted by molar-refractivity contribution is 5.43. The van der Waals surface area contributed by atoms with Gasteiger partial charge >= 0.3 is 0 Å². The lowest BCUT2D eigenvalue weighted by molar-refractivity contribution is 0.947. The molecule has 2 N–H and O–H groups in total. The predicted octanol–water partition coefficient (Wildman–Crippen LogP) is -0.294. The third-order valence-corrected chi connectivity index (χ3v) is 1.07. The predicted molar refractivity (Wildman–Crippen MR) is 37.8 cm³/mol. The highest BCUT2D eigenvalue weighted by atomic mass is 16.1. The number of aromatic amines is 2. The van der Waals surface area contributed by atoms with Gasteiger partial charge in [-0.15, -0.1) is 0 Å². The van der Waals surface area contributed by atoms with Crippen LogP contribution in [-0.4, -0.2) is 10.2 Å². The molecular formula is C6H6N2O2. The third kappa shape index (κ3) is 1.05. The fourth-order valence-corrected chi connectivity index (χ4v) is 0.585. The van der Waals surface area contributed by atoms with Crippen LogP contribution in [0.5, 0.6) is 0 Å². The van der Waals surface area contributed by atoms with Crippen LogP contribution in [-0.2, 0) is 0 Å². The maximum absolute atomic E-state index is 10.7. The summed E-state index contributed by atoms with van der Waals surface area (Å²) in [5.74, 6) is 0. The summed E-state index contributed by atoms with van der Waals surface area (Å²) in [6.07, 6.45) is 1.33. The van der Waals surface area contributed by atoms with Crippen LogP contribution in [0.2, 0.25) is 0 Å². The van der Waals surface area contributed by atoms with E-state index in [4.69, 9.17) is 0 Å². The van der Waals surface area contributed by atoms with Gasteiger partial charge in [-0.1, -0.05) is 12.7 Å². The molecule has 0 aromatic carbocycles. The zero-order valence-electron chi connectivity index (χ0n) is 5.18. The van der Waals surface area contributed by atoms with E-state index in [2.05, 4.69) is 16.8 Å². The molecule has 0 spiro atoms. The monoisotopic (exact) mass is 138 g/mol. The quantitative estimate of drug-likeness (QED) is 0.559. The average Bonchev–Trinajstić information content (AvgIpc) is 1.94. The van der Waals surface area contributed by atoms with Crippen LogP contribution in [0.25, 0.3) is 6.08 Å².